The lowest BCUT2D eigenvalue weighted by Gasteiger charge is -2.13. The number of sulfonamides is 1. The van der Waals surface area contributed by atoms with E-state index >= 15 is 0 Å². The summed E-state index contributed by atoms with van der Waals surface area (Å²) in [6.45, 7) is 3.65. The third-order valence-corrected chi connectivity index (χ3v) is 5.16. The van der Waals surface area contributed by atoms with Crippen LogP contribution in [0.1, 0.15) is 11.3 Å². The third kappa shape index (κ3) is 3.51. The topological polar surface area (TPSA) is 81.4 Å². The van der Waals surface area contributed by atoms with Crippen molar-refractivity contribution in [2.75, 3.05) is 11.8 Å². The van der Waals surface area contributed by atoms with E-state index in [1.165, 1.54) is 13.2 Å². The van der Waals surface area contributed by atoms with Gasteiger partial charge in [0.25, 0.3) is 10.0 Å². The summed E-state index contributed by atoms with van der Waals surface area (Å²) in [4.78, 5) is 0.0539. The number of ether oxygens (including phenoxy) is 1. The summed E-state index contributed by atoms with van der Waals surface area (Å²) in [6.07, 6.45) is 0. The predicted molar refractivity (Wildman–Crippen MR) is 95.2 cm³/mol. The first-order valence-electron chi connectivity index (χ1n) is 7.61. The summed E-state index contributed by atoms with van der Waals surface area (Å²) in [5, 5.41) is 3.84. The maximum Gasteiger partial charge on any atom is 0.265 e. The van der Waals surface area contributed by atoms with Crippen molar-refractivity contribution >= 4 is 15.7 Å². The molecule has 0 aliphatic heterocycles. The molecule has 0 atom stereocenters. The van der Waals surface area contributed by atoms with Crippen molar-refractivity contribution < 1.29 is 17.7 Å². The Bertz CT molecular complexity index is 1010. The lowest BCUT2D eigenvalue weighted by atomic mass is 10.1. The molecule has 0 unspecified atom stereocenters. The molecule has 0 bridgehead atoms. The smallest absolute Gasteiger partial charge is 0.265 e. The number of nitrogens with zero attached hydrogens (tertiary/aromatic N) is 1. The van der Waals surface area contributed by atoms with Crippen molar-refractivity contribution in [3.8, 4) is 17.1 Å². The quantitative estimate of drug-likeness (QED) is 0.751. The first-order chi connectivity index (χ1) is 11.9. The van der Waals surface area contributed by atoms with E-state index in [-0.39, 0.29) is 10.6 Å². The van der Waals surface area contributed by atoms with Gasteiger partial charge in [-0.15, -0.1) is 0 Å². The largest absolute Gasteiger partial charge is 0.495 e. The summed E-state index contributed by atoms with van der Waals surface area (Å²) in [7, 11) is -2.37. The molecule has 6 nitrogen and oxygen atoms in total. The van der Waals surface area contributed by atoms with Crippen LogP contribution in [0.15, 0.2) is 57.9 Å². The number of hydrogen-bond acceptors (Lipinski definition) is 5. The van der Waals surface area contributed by atoms with Crippen LogP contribution in [0.25, 0.3) is 11.3 Å². The third-order valence-electron chi connectivity index (χ3n) is 3.76. The number of hydrogen-bond donors (Lipinski definition) is 1. The summed E-state index contributed by atoms with van der Waals surface area (Å²) < 4.78 is 38.6. The van der Waals surface area contributed by atoms with Gasteiger partial charge in [-0.3, -0.25) is 4.72 Å². The number of nitrogens with one attached hydrogen (secondary N) is 1. The molecule has 3 rings (SSSR count). The standard InChI is InChI=1S/C18H18N2O4S/c1-12-6-4-5-7-15(12)20-25(21,22)18-9-8-14(11-17(18)23-3)16-10-13(2)19-24-16/h4-11,20H,1-3H3. The number of aryl methyl sites for hydroxylation is 2. The molecule has 0 amide bonds. The van der Waals surface area contributed by atoms with Crippen molar-refractivity contribution in [1.82, 2.24) is 5.16 Å². The van der Waals surface area contributed by atoms with E-state index in [1.807, 2.05) is 26.0 Å². The fraction of sp³-hybridized carbons (Fsp3) is 0.167. The molecular formula is C18H18N2O4S. The van der Waals surface area contributed by atoms with Gasteiger partial charge in [0.05, 0.1) is 18.5 Å². The maximum absolute atomic E-state index is 12.8. The molecule has 0 saturated heterocycles. The molecule has 0 aliphatic rings. The van der Waals surface area contributed by atoms with Gasteiger partial charge in [-0.25, -0.2) is 8.42 Å². The molecule has 0 spiro atoms. The van der Waals surface area contributed by atoms with Crippen LogP contribution in [0.4, 0.5) is 5.69 Å². The van der Waals surface area contributed by atoms with E-state index < -0.39 is 10.0 Å². The SMILES string of the molecule is COc1cc(-c2cc(C)no2)ccc1S(=O)(=O)Nc1ccccc1C. The van der Waals surface area contributed by atoms with Gasteiger partial charge in [-0.05, 0) is 43.7 Å². The van der Waals surface area contributed by atoms with Crippen LogP contribution in [0.2, 0.25) is 0 Å². The lowest BCUT2D eigenvalue weighted by Crippen LogP contribution is -2.14. The van der Waals surface area contributed by atoms with Crippen LogP contribution in [0.5, 0.6) is 5.75 Å². The Labute approximate surface area is 146 Å². The fourth-order valence-corrected chi connectivity index (χ4v) is 3.71. The molecule has 1 heterocycles. The molecule has 0 saturated carbocycles. The number of anilines is 1. The second-order valence-corrected chi connectivity index (χ2v) is 7.27. The van der Waals surface area contributed by atoms with Crippen LogP contribution in [-0.2, 0) is 10.0 Å². The summed E-state index contributed by atoms with van der Waals surface area (Å²) in [6, 6.07) is 13.7. The molecule has 1 N–H and O–H groups in total. The Morgan fingerprint density at radius 2 is 1.84 bits per heavy atom. The Kier molecular flexibility index (Phi) is 4.50. The van der Waals surface area contributed by atoms with Crippen LogP contribution in [0, 0.1) is 13.8 Å². The molecule has 0 aliphatic carbocycles. The average molecular weight is 358 g/mol. The minimum absolute atomic E-state index is 0.0539. The summed E-state index contributed by atoms with van der Waals surface area (Å²) >= 11 is 0. The van der Waals surface area contributed by atoms with Crippen LogP contribution in [-0.4, -0.2) is 20.7 Å². The van der Waals surface area contributed by atoms with Crippen molar-refractivity contribution in [2.24, 2.45) is 0 Å². The lowest BCUT2D eigenvalue weighted by molar-refractivity contribution is 0.402. The van der Waals surface area contributed by atoms with Crippen molar-refractivity contribution in [3.63, 3.8) is 0 Å². The Morgan fingerprint density at radius 3 is 2.48 bits per heavy atom. The van der Waals surface area contributed by atoms with Gasteiger partial charge in [-0.1, -0.05) is 23.4 Å². The van der Waals surface area contributed by atoms with Gasteiger partial charge >= 0.3 is 0 Å². The van der Waals surface area contributed by atoms with Gasteiger partial charge < -0.3 is 9.26 Å². The van der Waals surface area contributed by atoms with E-state index in [0.717, 1.165) is 11.3 Å². The van der Waals surface area contributed by atoms with E-state index in [4.69, 9.17) is 9.26 Å². The van der Waals surface area contributed by atoms with Gasteiger partial charge in [0.2, 0.25) is 0 Å². The maximum atomic E-state index is 12.8. The highest BCUT2D eigenvalue weighted by Gasteiger charge is 2.21. The first-order valence-corrected chi connectivity index (χ1v) is 9.09. The molecule has 7 heteroatoms. The monoisotopic (exact) mass is 358 g/mol. The van der Waals surface area contributed by atoms with Crippen LogP contribution >= 0.6 is 0 Å². The Morgan fingerprint density at radius 1 is 1.08 bits per heavy atom. The van der Waals surface area contributed by atoms with E-state index in [0.29, 0.717) is 17.0 Å². The van der Waals surface area contributed by atoms with E-state index in [2.05, 4.69) is 9.88 Å². The zero-order valence-electron chi connectivity index (χ0n) is 14.1. The number of rotatable bonds is 5. The minimum atomic E-state index is -3.79. The van der Waals surface area contributed by atoms with Gasteiger partial charge in [-0.2, -0.15) is 0 Å². The molecular weight excluding hydrogens is 340 g/mol. The van der Waals surface area contributed by atoms with Crippen molar-refractivity contribution in [1.29, 1.82) is 0 Å². The molecule has 3 aromatic rings. The second-order valence-electron chi connectivity index (χ2n) is 5.62. The van der Waals surface area contributed by atoms with Crippen LogP contribution < -0.4 is 9.46 Å². The van der Waals surface area contributed by atoms with Crippen LogP contribution in [0.3, 0.4) is 0 Å². The van der Waals surface area contributed by atoms with Gasteiger partial charge in [0.1, 0.15) is 10.6 Å². The zero-order valence-corrected chi connectivity index (χ0v) is 14.9. The average Bonchev–Trinajstić information content (AvgIpc) is 3.02. The second kappa shape index (κ2) is 6.60. The molecule has 25 heavy (non-hydrogen) atoms. The summed E-state index contributed by atoms with van der Waals surface area (Å²) in [5.41, 5.74) is 2.79. The molecule has 130 valence electrons. The fourth-order valence-electron chi connectivity index (χ4n) is 2.43. The van der Waals surface area contributed by atoms with Crippen molar-refractivity contribution in [2.45, 2.75) is 18.7 Å². The minimum Gasteiger partial charge on any atom is -0.495 e. The zero-order chi connectivity index (χ0) is 18.0. The van der Waals surface area contributed by atoms with Gasteiger partial charge in [0, 0.05) is 11.6 Å². The molecule has 1 aromatic heterocycles. The first kappa shape index (κ1) is 17.0. The highest BCUT2D eigenvalue weighted by atomic mass is 32.2. The molecule has 0 radical (unpaired) electrons. The van der Waals surface area contributed by atoms with Gasteiger partial charge in [0.15, 0.2) is 5.76 Å². The Hall–Kier alpha value is -2.80. The number of para-hydroxylation sites is 1. The highest BCUT2D eigenvalue weighted by molar-refractivity contribution is 7.92. The molecule has 2 aromatic carbocycles. The normalized spacial score (nSPS) is 11.3. The predicted octanol–water partition coefficient (Wildman–Crippen LogP) is 3.77. The highest BCUT2D eigenvalue weighted by Crippen LogP contribution is 2.32. The number of benzene rings is 2. The molecule has 0 fully saturated rings. The summed E-state index contributed by atoms with van der Waals surface area (Å²) in [5.74, 6) is 0.777. The number of methoxy groups -OCH3 is 1. The van der Waals surface area contributed by atoms with E-state index in [9.17, 15) is 8.42 Å². The van der Waals surface area contributed by atoms with E-state index in [1.54, 1.807) is 30.3 Å². The Balaban J connectivity index is 2.00. The number of aromatic nitrogens is 1. The van der Waals surface area contributed by atoms with Crippen molar-refractivity contribution in [3.05, 3.63) is 59.8 Å².